The SMILES string of the molecule is CCCNC1CC2CCC(C1)N2Cc1noc(C)n1. The van der Waals surface area contributed by atoms with Crippen LogP contribution in [0.15, 0.2) is 4.52 Å². The van der Waals surface area contributed by atoms with Crippen molar-refractivity contribution in [1.29, 1.82) is 0 Å². The Bertz CT molecular complexity index is 405. The molecule has 2 saturated heterocycles. The van der Waals surface area contributed by atoms with E-state index in [1.807, 2.05) is 6.92 Å². The van der Waals surface area contributed by atoms with E-state index in [1.54, 1.807) is 0 Å². The first-order chi connectivity index (χ1) is 9.26. The van der Waals surface area contributed by atoms with Crippen LogP contribution in [0.3, 0.4) is 0 Å². The number of hydrogen-bond donors (Lipinski definition) is 1. The Hall–Kier alpha value is -0.940. The average molecular weight is 264 g/mol. The van der Waals surface area contributed by atoms with Crippen molar-refractivity contribution in [3.63, 3.8) is 0 Å². The molecule has 2 bridgehead atoms. The highest BCUT2D eigenvalue weighted by atomic mass is 16.5. The molecule has 0 aliphatic carbocycles. The summed E-state index contributed by atoms with van der Waals surface area (Å²) in [5.41, 5.74) is 0. The maximum atomic E-state index is 5.07. The predicted octanol–water partition coefficient (Wildman–Crippen LogP) is 1.87. The van der Waals surface area contributed by atoms with Crippen molar-refractivity contribution in [3.05, 3.63) is 11.7 Å². The fourth-order valence-electron chi connectivity index (χ4n) is 3.62. The Labute approximate surface area is 114 Å². The number of fused-ring (bicyclic) bond motifs is 2. The van der Waals surface area contributed by atoms with E-state index in [0.717, 1.165) is 18.9 Å². The lowest BCUT2D eigenvalue weighted by molar-refractivity contribution is 0.105. The molecule has 1 aromatic heterocycles. The van der Waals surface area contributed by atoms with Gasteiger partial charge < -0.3 is 9.84 Å². The molecule has 2 aliphatic heterocycles. The number of aromatic nitrogens is 2. The molecule has 1 N–H and O–H groups in total. The van der Waals surface area contributed by atoms with Gasteiger partial charge in [-0.25, -0.2) is 0 Å². The zero-order valence-electron chi connectivity index (χ0n) is 11.9. The van der Waals surface area contributed by atoms with Gasteiger partial charge in [-0.2, -0.15) is 4.98 Å². The van der Waals surface area contributed by atoms with Crippen LogP contribution in [0.2, 0.25) is 0 Å². The van der Waals surface area contributed by atoms with Gasteiger partial charge in [-0.1, -0.05) is 12.1 Å². The number of piperidine rings is 1. The van der Waals surface area contributed by atoms with E-state index in [0.29, 0.717) is 24.0 Å². The highest BCUT2D eigenvalue weighted by Gasteiger charge is 2.40. The molecule has 0 saturated carbocycles. The number of nitrogens with zero attached hydrogens (tertiary/aromatic N) is 3. The first-order valence-corrected chi connectivity index (χ1v) is 7.54. The molecule has 5 heteroatoms. The van der Waals surface area contributed by atoms with Gasteiger partial charge in [0.15, 0.2) is 5.82 Å². The Morgan fingerprint density at radius 2 is 2.05 bits per heavy atom. The van der Waals surface area contributed by atoms with E-state index in [4.69, 9.17) is 4.52 Å². The van der Waals surface area contributed by atoms with Crippen molar-refractivity contribution < 1.29 is 4.52 Å². The van der Waals surface area contributed by atoms with Gasteiger partial charge in [0.2, 0.25) is 5.89 Å². The van der Waals surface area contributed by atoms with Crippen LogP contribution in [-0.4, -0.2) is 39.7 Å². The van der Waals surface area contributed by atoms with E-state index in [1.165, 1.54) is 32.1 Å². The summed E-state index contributed by atoms with van der Waals surface area (Å²) in [4.78, 5) is 6.93. The van der Waals surface area contributed by atoms with E-state index in [-0.39, 0.29) is 0 Å². The molecule has 0 radical (unpaired) electrons. The first kappa shape index (κ1) is 13.1. The fourth-order valence-corrected chi connectivity index (χ4v) is 3.62. The van der Waals surface area contributed by atoms with Crippen molar-refractivity contribution in [1.82, 2.24) is 20.4 Å². The summed E-state index contributed by atoms with van der Waals surface area (Å²) in [5.74, 6) is 1.51. The van der Waals surface area contributed by atoms with Crippen LogP contribution in [0.4, 0.5) is 0 Å². The highest BCUT2D eigenvalue weighted by molar-refractivity contribution is 4.99. The van der Waals surface area contributed by atoms with Crippen molar-refractivity contribution >= 4 is 0 Å². The Kier molecular flexibility index (Phi) is 3.84. The molecule has 0 aromatic carbocycles. The quantitative estimate of drug-likeness (QED) is 0.880. The lowest BCUT2D eigenvalue weighted by Gasteiger charge is -2.38. The number of aryl methyl sites for hydroxylation is 1. The van der Waals surface area contributed by atoms with Crippen molar-refractivity contribution in [2.24, 2.45) is 0 Å². The lowest BCUT2D eigenvalue weighted by atomic mass is 9.97. The van der Waals surface area contributed by atoms with Crippen molar-refractivity contribution in [2.45, 2.75) is 70.6 Å². The van der Waals surface area contributed by atoms with E-state index >= 15 is 0 Å². The third-order valence-corrected chi connectivity index (χ3v) is 4.46. The summed E-state index contributed by atoms with van der Waals surface area (Å²) in [5, 5.41) is 7.72. The minimum atomic E-state index is 0.668. The molecule has 2 unspecified atom stereocenters. The molecule has 106 valence electrons. The maximum absolute atomic E-state index is 5.07. The largest absolute Gasteiger partial charge is 0.340 e. The number of hydrogen-bond acceptors (Lipinski definition) is 5. The van der Waals surface area contributed by atoms with Crippen LogP contribution in [0.5, 0.6) is 0 Å². The van der Waals surface area contributed by atoms with E-state index in [9.17, 15) is 0 Å². The molecule has 2 aliphatic rings. The van der Waals surface area contributed by atoms with Gasteiger partial charge in [0.1, 0.15) is 0 Å². The van der Waals surface area contributed by atoms with Crippen LogP contribution >= 0.6 is 0 Å². The highest BCUT2D eigenvalue weighted by Crippen LogP contribution is 2.36. The number of nitrogens with one attached hydrogen (secondary N) is 1. The van der Waals surface area contributed by atoms with E-state index in [2.05, 4.69) is 27.3 Å². The van der Waals surface area contributed by atoms with E-state index < -0.39 is 0 Å². The summed E-state index contributed by atoms with van der Waals surface area (Å²) in [7, 11) is 0. The smallest absolute Gasteiger partial charge is 0.223 e. The normalized spacial score (nSPS) is 30.9. The minimum Gasteiger partial charge on any atom is -0.340 e. The van der Waals surface area contributed by atoms with Crippen LogP contribution < -0.4 is 5.32 Å². The first-order valence-electron chi connectivity index (χ1n) is 7.54. The van der Waals surface area contributed by atoms with Gasteiger partial charge >= 0.3 is 0 Å². The summed E-state index contributed by atoms with van der Waals surface area (Å²) in [6.45, 7) is 6.09. The van der Waals surface area contributed by atoms with Gasteiger partial charge in [0.25, 0.3) is 0 Å². The molecule has 19 heavy (non-hydrogen) atoms. The zero-order chi connectivity index (χ0) is 13.2. The standard InChI is InChI=1S/C14H24N4O/c1-3-6-15-11-7-12-4-5-13(8-11)18(12)9-14-16-10(2)19-17-14/h11-13,15H,3-9H2,1-2H3. The number of rotatable bonds is 5. The lowest BCUT2D eigenvalue weighted by Crippen LogP contribution is -2.48. The zero-order valence-corrected chi connectivity index (χ0v) is 11.9. The molecule has 0 spiro atoms. The molecule has 3 heterocycles. The van der Waals surface area contributed by atoms with Gasteiger partial charge in [0.05, 0.1) is 6.54 Å². The second-order valence-electron chi connectivity index (χ2n) is 5.91. The third kappa shape index (κ3) is 2.82. The third-order valence-electron chi connectivity index (χ3n) is 4.46. The molecule has 1 aromatic rings. The van der Waals surface area contributed by atoms with Crippen LogP contribution in [0.25, 0.3) is 0 Å². The second-order valence-corrected chi connectivity index (χ2v) is 5.91. The van der Waals surface area contributed by atoms with Crippen LogP contribution in [0.1, 0.15) is 50.7 Å². The van der Waals surface area contributed by atoms with Gasteiger partial charge in [-0.3, -0.25) is 4.90 Å². The monoisotopic (exact) mass is 264 g/mol. The average Bonchev–Trinajstić information content (AvgIpc) is 2.89. The molecular formula is C14H24N4O. The van der Waals surface area contributed by atoms with Crippen LogP contribution in [0, 0.1) is 6.92 Å². The van der Waals surface area contributed by atoms with Gasteiger partial charge in [-0.05, 0) is 38.6 Å². The van der Waals surface area contributed by atoms with Crippen molar-refractivity contribution in [3.8, 4) is 0 Å². The fraction of sp³-hybridized carbons (Fsp3) is 0.857. The Morgan fingerprint density at radius 3 is 2.63 bits per heavy atom. The molecule has 2 atom stereocenters. The maximum Gasteiger partial charge on any atom is 0.223 e. The van der Waals surface area contributed by atoms with Gasteiger partial charge in [-0.15, -0.1) is 0 Å². The summed E-state index contributed by atoms with van der Waals surface area (Å²) < 4.78 is 5.07. The van der Waals surface area contributed by atoms with Crippen LogP contribution in [-0.2, 0) is 6.54 Å². The Balaban J connectivity index is 1.60. The summed E-state index contributed by atoms with van der Waals surface area (Å²) in [6, 6.07) is 2.11. The Morgan fingerprint density at radius 1 is 1.32 bits per heavy atom. The summed E-state index contributed by atoms with van der Waals surface area (Å²) >= 11 is 0. The molecule has 3 rings (SSSR count). The molecule has 0 amide bonds. The molecular weight excluding hydrogens is 240 g/mol. The van der Waals surface area contributed by atoms with Crippen molar-refractivity contribution in [2.75, 3.05) is 6.54 Å². The van der Waals surface area contributed by atoms with Gasteiger partial charge in [0, 0.05) is 25.0 Å². The second kappa shape index (κ2) is 5.59. The molecule has 2 fully saturated rings. The molecule has 5 nitrogen and oxygen atoms in total. The minimum absolute atomic E-state index is 0.668. The predicted molar refractivity (Wildman–Crippen MR) is 72.7 cm³/mol. The topological polar surface area (TPSA) is 54.2 Å². The summed E-state index contributed by atoms with van der Waals surface area (Å²) in [6.07, 6.45) is 6.41.